The summed E-state index contributed by atoms with van der Waals surface area (Å²) in [5.74, 6) is -2.00. The van der Waals surface area contributed by atoms with Crippen molar-refractivity contribution in [1.29, 1.82) is 0 Å². The molecule has 0 saturated carbocycles. The van der Waals surface area contributed by atoms with E-state index in [1.807, 2.05) is 60.7 Å². The molecule has 0 unspecified atom stereocenters. The third-order valence-electron chi connectivity index (χ3n) is 5.09. The van der Waals surface area contributed by atoms with Crippen LogP contribution in [0.25, 0.3) is 0 Å². The molecule has 0 aliphatic carbocycles. The number of aliphatic hydroxyl groups is 1. The van der Waals surface area contributed by atoms with E-state index in [2.05, 4.69) is 5.32 Å². The van der Waals surface area contributed by atoms with Crippen molar-refractivity contribution in [2.45, 2.75) is 57.8 Å². The average molecular weight is 452 g/mol. The summed E-state index contributed by atoms with van der Waals surface area (Å²) in [6.07, 6.45) is -0.745. The maximum atomic E-state index is 12.9. The molecule has 2 atom stereocenters. The molecule has 1 heterocycles. The van der Waals surface area contributed by atoms with Gasteiger partial charge in [0.05, 0.1) is 6.04 Å². The monoisotopic (exact) mass is 451 g/mol. The van der Waals surface area contributed by atoms with E-state index in [0.717, 1.165) is 11.1 Å². The number of benzene rings is 2. The average Bonchev–Trinajstić information content (AvgIpc) is 3.04. The number of rotatable bonds is 7. The fourth-order valence-electron chi connectivity index (χ4n) is 3.56. The number of esters is 1. The van der Waals surface area contributed by atoms with E-state index in [1.165, 1.54) is 0 Å². The van der Waals surface area contributed by atoms with Crippen LogP contribution in [0.1, 0.15) is 38.3 Å². The smallest absolute Gasteiger partial charge is 0.408 e. The van der Waals surface area contributed by atoms with E-state index in [4.69, 9.17) is 9.47 Å². The van der Waals surface area contributed by atoms with Gasteiger partial charge in [0.25, 0.3) is 0 Å². The number of cyclic esters (lactones) is 1. The van der Waals surface area contributed by atoms with Crippen LogP contribution in [-0.4, -0.2) is 40.7 Å². The lowest BCUT2D eigenvalue weighted by atomic mass is 9.97. The van der Waals surface area contributed by atoms with Gasteiger partial charge in [0, 0.05) is 6.42 Å². The number of ether oxygens (including phenoxy) is 2. The van der Waals surface area contributed by atoms with E-state index in [9.17, 15) is 19.5 Å². The van der Waals surface area contributed by atoms with Gasteiger partial charge in [0.15, 0.2) is 6.10 Å². The van der Waals surface area contributed by atoms with E-state index >= 15 is 0 Å². The Labute approximate surface area is 193 Å². The van der Waals surface area contributed by atoms with Crippen molar-refractivity contribution >= 4 is 17.8 Å². The van der Waals surface area contributed by atoms with Gasteiger partial charge >= 0.3 is 12.1 Å². The van der Waals surface area contributed by atoms with Crippen LogP contribution < -0.4 is 5.32 Å². The maximum absolute atomic E-state index is 12.9. The molecule has 7 heteroatoms. The number of carbonyl (C=O) groups excluding carboxylic acids is 3. The third-order valence-corrected chi connectivity index (χ3v) is 5.09. The van der Waals surface area contributed by atoms with E-state index in [-0.39, 0.29) is 6.42 Å². The summed E-state index contributed by atoms with van der Waals surface area (Å²) in [5, 5.41) is 13.5. The number of Topliss-reactive ketones (excluding diaryl/α,β-unsaturated/α-hetero) is 1. The minimum atomic E-state index is -1.04. The Morgan fingerprint density at radius 1 is 1.03 bits per heavy atom. The van der Waals surface area contributed by atoms with Gasteiger partial charge in [-0.2, -0.15) is 0 Å². The Morgan fingerprint density at radius 3 is 2.18 bits per heavy atom. The lowest BCUT2D eigenvalue weighted by Crippen LogP contribution is -2.42. The predicted molar refractivity (Wildman–Crippen MR) is 123 cm³/mol. The van der Waals surface area contributed by atoms with E-state index in [1.54, 1.807) is 20.8 Å². The van der Waals surface area contributed by atoms with Crippen molar-refractivity contribution in [3.8, 4) is 0 Å². The first-order valence-electron chi connectivity index (χ1n) is 10.9. The van der Waals surface area contributed by atoms with Gasteiger partial charge in [0.1, 0.15) is 16.9 Å². The molecular weight excluding hydrogens is 422 g/mol. The SMILES string of the molecule is CC(C)(C)OC(=O)N[C@H](Cc1ccccc1)C(O)=C1C(=O)O[C@H](CCc2ccccc2)C1=O. The summed E-state index contributed by atoms with van der Waals surface area (Å²) >= 11 is 0. The zero-order valence-electron chi connectivity index (χ0n) is 19.0. The molecule has 7 nitrogen and oxygen atoms in total. The number of amides is 1. The highest BCUT2D eigenvalue weighted by molar-refractivity contribution is 6.23. The zero-order chi connectivity index (χ0) is 24.0. The maximum Gasteiger partial charge on any atom is 0.408 e. The molecule has 33 heavy (non-hydrogen) atoms. The van der Waals surface area contributed by atoms with Gasteiger partial charge < -0.3 is 19.9 Å². The second-order valence-corrected chi connectivity index (χ2v) is 8.93. The first kappa shape index (κ1) is 24.0. The van der Waals surface area contributed by atoms with Crippen LogP contribution in [0.15, 0.2) is 72.0 Å². The molecule has 0 aromatic heterocycles. The molecule has 2 aromatic carbocycles. The topological polar surface area (TPSA) is 102 Å². The molecule has 1 saturated heterocycles. The molecule has 1 aliphatic rings. The fraction of sp³-hybridized carbons (Fsp3) is 0.346. The third kappa shape index (κ3) is 6.68. The van der Waals surface area contributed by atoms with Gasteiger partial charge in [-0.25, -0.2) is 9.59 Å². The number of aryl methyl sites for hydroxylation is 1. The minimum absolute atomic E-state index is 0.157. The Morgan fingerprint density at radius 2 is 1.61 bits per heavy atom. The summed E-state index contributed by atoms with van der Waals surface area (Å²) in [4.78, 5) is 37.9. The number of hydrogen-bond acceptors (Lipinski definition) is 6. The van der Waals surface area contributed by atoms with E-state index in [0.29, 0.717) is 12.8 Å². The van der Waals surface area contributed by atoms with Crippen LogP contribution in [0.5, 0.6) is 0 Å². The zero-order valence-corrected chi connectivity index (χ0v) is 19.0. The molecule has 0 bridgehead atoms. The molecule has 1 amide bonds. The normalized spacial score (nSPS) is 18.5. The van der Waals surface area contributed by atoms with E-state index < -0.39 is 46.9 Å². The molecule has 1 aliphatic heterocycles. The molecular formula is C26H29NO6. The van der Waals surface area contributed by atoms with Crippen LogP contribution in [0.3, 0.4) is 0 Å². The van der Waals surface area contributed by atoms with Crippen molar-refractivity contribution in [2.75, 3.05) is 0 Å². The standard InChI is InChI=1S/C26H29NO6/c1-26(2,3)33-25(31)27-19(16-18-12-8-5-9-13-18)22(28)21-23(29)20(32-24(21)30)15-14-17-10-6-4-7-11-17/h4-13,19-20,28H,14-16H2,1-3H3,(H,27,31)/t19-,20-/m1/s1. The summed E-state index contributed by atoms with van der Waals surface area (Å²) in [6.45, 7) is 5.14. The van der Waals surface area contributed by atoms with Crippen molar-refractivity contribution in [3.05, 3.63) is 83.1 Å². The highest BCUT2D eigenvalue weighted by Gasteiger charge is 2.42. The molecule has 3 rings (SSSR count). The minimum Gasteiger partial charge on any atom is -0.509 e. The van der Waals surface area contributed by atoms with Crippen LogP contribution in [-0.2, 0) is 31.9 Å². The molecule has 2 N–H and O–H groups in total. The Hall–Kier alpha value is -3.61. The Kier molecular flexibility index (Phi) is 7.53. The molecule has 0 spiro atoms. The lowest BCUT2D eigenvalue weighted by Gasteiger charge is -2.24. The van der Waals surface area contributed by atoms with Crippen molar-refractivity contribution in [1.82, 2.24) is 5.32 Å². The number of carbonyl (C=O) groups is 3. The number of alkyl carbamates (subject to hydrolysis) is 1. The number of aliphatic hydroxyl groups excluding tert-OH is 1. The summed E-state index contributed by atoms with van der Waals surface area (Å²) < 4.78 is 10.6. The molecule has 1 fully saturated rings. The molecule has 2 aromatic rings. The molecule has 174 valence electrons. The number of nitrogens with one attached hydrogen (secondary N) is 1. The van der Waals surface area contributed by atoms with Gasteiger partial charge in [-0.3, -0.25) is 4.79 Å². The highest BCUT2D eigenvalue weighted by atomic mass is 16.6. The quantitative estimate of drug-likeness (QED) is 0.285. The lowest BCUT2D eigenvalue weighted by molar-refractivity contribution is -0.141. The van der Waals surface area contributed by atoms with Crippen LogP contribution in [0, 0.1) is 0 Å². The van der Waals surface area contributed by atoms with Crippen LogP contribution >= 0.6 is 0 Å². The second kappa shape index (κ2) is 10.3. The predicted octanol–water partition coefficient (Wildman–Crippen LogP) is 4.06. The number of ketones is 1. The summed E-state index contributed by atoms with van der Waals surface area (Å²) in [6, 6.07) is 17.6. The van der Waals surface area contributed by atoms with Crippen molar-refractivity contribution in [3.63, 3.8) is 0 Å². The highest BCUT2D eigenvalue weighted by Crippen LogP contribution is 2.25. The van der Waals surface area contributed by atoms with Gasteiger partial charge in [-0.1, -0.05) is 60.7 Å². The first-order valence-corrected chi connectivity index (χ1v) is 10.9. The second-order valence-electron chi connectivity index (χ2n) is 8.93. The molecule has 0 radical (unpaired) electrons. The fourth-order valence-corrected chi connectivity index (χ4v) is 3.56. The summed E-state index contributed by atoms with van der Waals surface area (Å²) in [5.41, 5.74) is 0.626. The van der Waals surface area contributed by atoms with Crippen LogP contribution in [0.4, 0.5) is 4.79 Å². The van der Waals surface area contributed by atoms with Gasteiger partial charge in [0.2, 0.25) is 5.78 Å². The van der Waals surface area contributed by atoms with Crippen LogP contribution in [0.2, 0.25) is 0 Å². The largest absolute Gasteiger partial charge is 0.509 e. The van der Waals surface area contributed by atoms with Gasteiger partial charge in [-0.05, 0) is 44.7 Å². The van der Waals surface area contributed by atoms with Crippen molar-refractivity contribution < 1.29 is 29.0 Å². The van der Waals surface area contributed by atoms with Crippen molar-refractivity contribution in [2.24, 2.45) is 0 Å². The first-order chi connectivity index (χ1) is 15.6. The Balaban J connectivity index is 1.81. The number of hydrogen-bond donors (Lipinski definition) is 2. The Bertz CT molecular complexity index is 1020. The van der Waals surface area contributed by atoms with Gasteiger partial charge in [-0.15, -0.1) is 0 Å². The summed E-state index contributed by atoms with van der Waals surface area (Å²) in [7, 11) is 0.